The van der Waals surface area contributed by atoms with Crippen LogP contribution in [0.15, 0.2) is 0 Å². The number of carbonyl (C=O) groups excluding carboxylic acids is 1. The number of rotatable bonds is 9. The van der Waals surface area contributed by atoms with Crippen LogP contribution in [0.4, 0.5) is 0 Å². The minimum absolute atomic E-state index is 0.0315. The zero-order valence-electron chi connectivity index (χ0n) is 11.4. The number of hydrogen-bond acceptors (Lipinski definition) is 2. The quantitative estimate of drug-likeness (QED) is 0.655. The molecule has 0 aromatic heterocycles. The molecule has 0 fully saturated rings. The van der Waals surface area contributed by atoms with Gasteiger partial charge in [-0.1, -0.05) is 40.0 Å². The average molecular weight is 228 g/mol. The number of Topliss-reactive ketones (excluding diaryl/α,β-unsaturated/α-hetero) is 1. The van der Waals surface area contributed by atoms with Gasteiger partial charge in [0.2, 0.25) is 0 Å². The smallest absolute Gasteiger partial charge is 0.133 e. The van der Waals surface area contributed by atoms with Crippen molar-refractivity contribution >= 4 is 5.78 Å². The minimum atomic E-state index is 0.0315. The fourth-order valence-electron chi connectivity index (χ4n) is 2.80. The maximum absolute atomic E-state index is 11.7. The Balaban J connectivity index is 4.72. The van der Waals surface area contributed by atoms with Gasteiger partial charge in [-0.05, 0) is 31.6 Å². The molecule has 1 N–H and O–H groups in total. The van der Waals surface area contributed by atoms with Crippen LogP contribution in [0.3, 0.4) is 0 Å². The molecule has 2 heteroatoms. The molecule has 0 aliphatic heterocycles. The van der Waals surface area contributed by atoms with Crippen LogP contribution in [-0.2, 0) is 4.79 Å². The van der Waals surface area contributed by atoms with E-state index in [0.29, 0.717) is 6.42 Å². The summed E-state index contributed by atoms with van der Waals surface area (Å²) in [7, 11) is 0. The summed E-state index contributed by atoms with van der Waals surface area (Å²) in [6, 6.07) is 0. The van der Waals surface area contributed by atoms with Crippen LogP contribution < -0.4 is 0 Å². The Labute approximate surface area is 100 Å². The van der Waals surface area contributed by atoms with Crippen LogP contribution in [0, 0.1) is 11.3 Å². The van der Waals surface area contributed by atoms with Gasteiger partial charge in [0.15, 0.2) is 0 Å². The Morgan fingerprint density at radius 2 is 1.88 bits per heavy atom. The third-order valence-electron chi connectivity index (χ3n) is 3.67. The molecule has 0 amide bonds. The lowest BCUT2D eigenvalue weighted by atomic mass is 9.68. The van der Waals surface area contributed by atoms with E-state index in [9.17, 15) is 4.79 Å². The normalized spacial score (nSPS) is 16.8. The van der Waals surface area contributed by atoms with E-state index in [1.807, 2.05) is 0 Å². The second-order valence-corrected chi connectivity index (χ2v) is 5.18. The zero-order chi connectivity index (χ0) is 12.6. The van der Waals surface area contributed by atoms with Crippen molar-refractivity contribution in [1.29, 1.82) is 0 Å². The van der Waals surface area contributed by atoms with Crippen LogP contribution >= 0.6 is 0 Å². The summed E-state index contributed by atoms with van der Waals surface area (Å²) in [4.78, 5) is 11.7. The predicted octanol–water partition coefficient (Wildman–Crippen LogP) is 3.57. The molecular weight excluding hydrogens is 200 g/mol. The standard InChI is InChI=1S/C14H28O2/c1-5-7-10-14(4,9-6-2)13(8-11-15)12(3)16/h13,15H,5-11H2,1-4H3. The van der Waals surface area contributed by atoms with E-state index in [2.05, 4.69) is 20.8 Å². The molecule has 0 aromatic rings. The van der Waals surface area contributed by atoms with E-state index in [0.717, 1.165) is 19.3 Å². The lowest BCUT2D eigenvalue weighted by Gasteiger charge is -2.36. The van der Waals surface area contributed by atoms with E-state index in [-0.39, 0.29) is 23.7 Å². The maximum atomic E-state index is 11.7. The highest BCUT2D eigenvalue weighted by molar-refractivity contribution is 5.79. The van der Waals surface area contributed by atoms with Gasteiger partial charge < -0.3 is 5.11 Å². The summed E-state index contributed by atoms with van der Waals surface area (Å²) in [5.41, 5.74) is 0.0827. The molecule has 96 valence electrons. The van der Waals surface area contributed by atoms with Crippen molar-refractivity contribution < 1.29 is 9.90 Å². The summed E-state index contributed by atoms with van der Waals surface area (Å²) in [5, 5.41) is 9.09. The van der Waals surface area contributed by atoms with E-state index in [1.165, 1.54) is 12.8 Å². The fourth-order valence-corrected chi connectivity index (χ4v) is 2.80. The third kappa shape index (κ3) is 4.65. The Hall–Kier alpha value is -0.370. The number of carbonyl (C=O) groups is 1. The van der Waals surface area contributed by atoms with Gasteiger partial charge in [0.1, 0.15) is 5.78 Å². The van der Waals surface area contributed by atoms with Crippen molar-refractivity contribution in [3.8, 4) is 0 Å². The van der Waals surface area contributed by atoms with Crippen LogP contribution in [0.2, 0.25) is 0 Å². The first-order chi connectivity index (χ1) is 7.51. The summed E-state index contributed by atoms with van der Waals surface area (Å²) < 4.78 is 0. The minimum Gasteiger partial charge on any atom is -0.396 e. The second kappa shape index (κ2) is 7.83. The van der Waals surface area contributed by atoms with Gasteiger partial charge in [-0.3, -0.25) is 4.79 Å². The Kier molecular flexibility index (Phi) is 7.65. The van der Waals surface area contributed by atoms with Crippen molar-refractivity contribution in [3.05, 3.63) is 0 Å². The molecule has 2 nitrogen and oxygen atoms in total. The van der Waals surface area contributed by atoms with Crippen molar-refractivity contribution in [3.63, 3.8) is 0 Å². The Morgan fingerprint density at radius 1 is 1.25 bits per heavy atom. The van der Waals surface area contributed by atoms with Gasteiger partial charge in [0, 0.05) is 12.5 Å². The number of aliphatic hydroxyl groups excluding tert-OH is 1. The molecule has 0 saturated heterocycles. The van der Waals surface area contributed by atoms with E-state index < -0.39 is 0 Å². The highest BCUT2D eigenvalue weighted by Crippen LogP contribution is 2.40. The van der Waals surface area contributed by atoms with Crippen molar-refractivity contribution in [1.82, 2.24) is 0 Å². The fraction of sp³-hybridized carbons (Fsp3) is 0.929. The average Bonchev–Trinajstić information content (AvgIpc) is 2.23. The predicted molar refractivity (Wildman–Crippen MR) is 68.4 cm³/mol. The topological polar surface area (TPSA) is 37.3 Å². The zero-order valence-corrected chi connectivity index (χ0v) is 11.4. The van der Waals surface area contributed by atoms with Crippen molar-refractivity contribution in [2.75, 3.05) is 6.61 Å². The first kappa shape index (κ1) is 15.6. The van der Waals surface area contributed by atoms with Gasteiger partial charge >= 0.3 is 0 Å². The van der Waals surface area contributed by atoms with E-state index in [1.54, 1.807) is 6.92 Å². The van der Waals surface area contributed by atoms with Gasteiger partial charge in [0.05, 0.1) is 0 Å². The van der Waals surface area contributed by atoms with Gasteiger partial charge in [-0.25, -0.2) is 0 Å². The molecule has 0 spiro atoms. The van der Waals surface area contributed by atoms with Gasteiger partial charge in [-0.15, -0.1) is 0 Å². The number of aliphatic hydroxyl groups is 1. The third-order valence-corrected chi connectivity index (χ3v) is 3.67. The van der Waals surface area contributed by atoms with Crippen LogP contribution in [0.1, 0.15) is 66.2 Å². The molecule has 0 radical (unpaired) electrons. The second-order valence-electron chi connectivity index (χ2n) is 5.18. The molecule has 0 aliphatic rings. The van der Waals surface area contributed by atoms with E-state index in [4.69, 9.17) is 5.11 Å². The molecule has 2 unspecified atom stereocenters. The molecule has 0 aromatic carbocycles. The van der Waals surface area contributed by atoms with Crippen LogP contribution in [0.5, 0.6) is 0 Å². The molecule has 0 heterocycles. The van der Waals surface area contributed by atoms with Crippen LogP contribution in [-0.4, -0.2) is 17.5 Å². The lowest BCUT2D eigenvalue weighted by molar-refractivity contribution is -0.125. The Bertz CT molecular complexity index is 201. The number of hydrogen-bond donors (Lipinski definition) is 1. The largest absolute Gasteiger partial charge is 0.396 e. The first-order valence-corrected chi connectivity index (χ1v) is 6.63. The van der Waals surface area contributed by atoms with Crippen LogP contribution in [0.25, 0.3) is 0 Å². The molecule has 2 atom stereocenters. The van der Waals surface area contributed by atoms with E-state index >= 15 is 0 Å². The number of unbranched alkanes of at least 4 members (excludes halogenated alkanes) is 1. The highest BCUT2D eigenvalue weighted by atomic mass is 16.3. The molecule has 16 heavy (non-hydrogen) atoms. The first-order valence-electron chi connectivity index (χ1n) is 6.63. The molecule has 0 rings (SSSR count). The summed E-state index contributed by atoms with van der Waals surface area (Å²) >= 11 is 0. The molecular formula is C14H28O2. The highest BCUT2D eigenvalue weighted by Gasteiger charge is 2.35. The number of ketones is 1. The summed E-state index contributed by atoms with van der Waals surface area (Å²) in [6.07, 6.45) is 6.25. The van der Waals surface area contributed by atoms with Crippen molar-refractivity contribution in [2.24, 2.45) is 11.3 Å². The monoisotopic (exact) mass is 228 g/mol. The Morgan fingerprint density at radius 3 is 2.25 bits per heavy atom. The summed E-state index contributed by atoms with van der Waals surface area (Å²) in [5.74, 6) is 0.269. The summed E-state index contributed by atoms with van der Waals surface area (Å²) in [6.45, 7) is 8.35. The lowest BCUT2D eigenvalue weighted by Crippen LogP contribution is -2.33. The van der Waals surface area contributed by atoms with Gasteiger partial charge in [-0.2, -0.15) is 0 Å². The molecule has 0 saturated carbocycles. The molecule has 0 bridgehead atoms. The van der Waals surface area contributed by atoms with Crippen molar-refractivity contribution in [2.45, 2.75) is 66.2 Å². The van der Waals surface area contributed by atoms with Gasteiger partial charge in [0.25, 0.3) is 0 Å². The maximum Gasteiger partial charge on any atom is 0.133 e. The molecule has 0 aliphatic carbocycles. The SMILES string of the molecule is CCCCC(C)(CCC)C(CCO)C(C)=O.